The molecule has 1 aliphatic carbocycles. The number of nitrogens with one attached hydrogen (secondary N) is 1. The molecule has 2 bridgehead atoms. The van der Waals surface area contributed by atoms with Gasteiger partial charge in [0.05, 0.1) is 5.69 Å². The largest absolute Gasteiger partial charge is 0.573 e. The van der Waals surface area contributed by atoms with Crippen molar-refractivity contribution >= 4 is 28.1 Å². The Bertz CT molecular complexity index is 1020. The monoisotopic (exact) mass is 424 g/mol. The van der Waals surface area contributed by atoms with Crippen molar-refractivity contribution in [3.8, 4) is 5.75 Å². The van der Waals surface area contributed by atoms with Gasteiger partial charge >= 0.3 is 6.36 Å². The van der Waals surface area contributed by atoms with Gasteiger partial charge in [-0.05, 0) is 61.3 Å². The maximum absolute atomic E-state index is 12.6. The Morgan fingerprint density at radius 3 is 2.66 bits per heavy atom. The number of rotatable bonds is 4. The van der Waals surface area contributed by atoms with E-state index in [4.69, 9.17) is 0 Å². The van der Waals surface area contributed by atoms with Gasteiger partial charge < -0.3 is 15.0 Å². The Morgan fingerprint density at radius 1 is 1.24 bits per heavy atom. The van der Waals surface area contributed by atoms with Gasteiger partial charge in [0.1, 0.15) is 5.00 Å². The van der Waals surface area contributed by atoms with Crippen LogP contribution in [0.3, 0.4) is 0 Å². The molecule has 1 saturated carbocycles. The zero-order chi connectivity index (χ0) is 20.2. The van der Waals surface area contributed by atoms with Gasteiger partial charge in [0.15, 0.2) is 11.4 Å². The smallest absolute Gasteiger partial charge is 0.402 e. The number of aromatic nitrogens is 4. The summed E-state index contributed by atoms with van der Waals surface area (Å²) in [5, 5.41) is 8.87. The summed E-state index contributed by atoms with van der Waals surface area (Å²) in [6.07, 6.45) is -1.01. The van der Waals surface area contributed by atoms with E-state index in [1.54, 1.807) is 6.20 Å². The van der Waals surface area contributed by atoms with Crippen molar-refractivity contribution in [3.05, 3.63) is 30.1 Å². The summed E-state index contributed by atoms with van der Waals surface area (Å²) < 4.78 is 47.7. The molecule has 3 aromatic heterocycles. The van der Waals surface area contributed by atoms with Crippen LogP contribution in [0.1, 0.15) is 18.5 Å². The van der Waals surface area contributed by atoms with Crippen LogP contribution in [0.15, 0.2) is 24.4 Å². The SMILES string of the molecule is Cc1cc(N2CC3CCC(C2)C3Nc2nc3c(OC(F)(F)F)cccn3n2)sn1. The van der Waals surface area contributed by atoms with Gasteiger partial charge in [0.2, 0.25) is 5.95 Å². The predicted molar refractivity (Wildman–Crippen MR) is 102 cm³/mol. The van der Waals surface area contributed by atoms with Crippen LogP contribution in [0, 0.1) is 18.8 Å². The summed E-state index contributed by atoms with van der Waals surface area (Å²) >= 11 is 1.52. The van der Waals surface area contributed by atoms with Crippen LogP contribution in [0.25, 0.3) is 5.65 Å². The Morgan fingerprint density at radius 2 is 2.00 bits per heavy atom. The number of alkyl halides is 3. The van der Waals surface area contributed by atoms with Crippen molar-refractivity contribution in [1.29, 1.82) is 0 Å². The molecule has 1 N–H and O–H groups in total. The highest BCUT2D eigenvalue weighted by molar-refractivity contribution is 7.10. The topological polar surface area (TPSA) is 67.6 Å². The summed E-state index contributed by atoms with van der Waals surface area (Å²) in [5.74, 6) is 0.813. The molecule has 0 radical (unpaired) electrons. The van der Waals surface area contributed by atoms with E-state index in [2.05, 4.69) is 35.5 Å². The summed E-state index contributed by atoms with van der Waals surface area (Å²) in [6, 6.07) is 5.00. The second-order valence-electron chi connectivity index (χ2n) is 7.60. The Hall–Kier alpha value is -2.56. The fraction of sp³-hybridized carbons (Fsp3) is 0.500. The number of nitrogens with zero attached hydrogens (tertiary/aromatic N) is 5. The van der Waals surface area contributed by atoms with Gasteiger partial charge in [0.25, 0.3) is 0 Å². The van der Waals surface area contributed by atoms with Crippen LogP contribution >= 0.6 is 11.5 Å². The van der Waals surface area contributed by atoms with E-state index in [0.29, 0.717) is 17.8 Å². The first-order valence-electron chi connectivity index (χ1n) is 9.42. The number of anilines is 2. The lowest BCUT2D eigenvalue weighted by Gasteiger charge is -2.38. The van der Waals surface area contributed by atoms with E-state index in [1.165, 1.54) is 33.2 Å². The molecule has 2 unspecified atom stereocenters. The fourth-order valence-electron chi connectivity index (χ4n) is 4.43. The average Bonchev–Trinajstić information content (AvgIpc) is 3.31. The molecule has 1 aliphatic heterocycles. The van der Waals surface area contributed by atoms with E-state index in [9.17, 15) is 13.2 Å². The lowest BCUT2D eigenvalue weighted by Crippen LogP contribution is -2.48. The minimum atomic E-state index is -4.78. The minimum Gasteiger partial charge on any atom is -0.402 e. The molecule has 11 heteroatoms. The molecular formula is C18H19F3N6OS. The van der Waals surface area contributed by atoms with E-state index in [1.807, 2.05) is 6.92 Å². The zero-order valence-corrected chi connectivity index (χ0v) is 16.4. The van der Waals surface area contributed by atoms with Crippen molar-refractivity contribution < 1.29 is 17.9 Å². The summed E-state index contributed by atoms with van der Waals surface area (Å²) in [5.41, 5.74) is 1.07. The molecule has 29 heavy (non-hydrogen) atoms. The standard InChI is InChI=1S/C18H19F3N6OS/c1-10-7-14(29-25-10)26-8-11-4-5-12(9-26)15(11)22-17-23-16-13(28-18(19,20)21)3-2-6-27(16)24-17/h2-3,6-7,11-12,15H,4-5,8-9H2,1H3,(H,22,24). The number of aryl methyl sites for hydroxylation is 1. The summed E-state index contributed by atoms with van der Waals surface area (Å²) in [7, 11) is 0. The third-order valence-corrected chi connectivity index (χ3v) is 6.55. The zero-order valence-electron chi connectivity index (χ0n) is 15.6. The number of fused-ring (bicyclic) bond motifs is 3. The van der Waals surface area contributed by atoms with Crippen molar-refractivity contribution in [3.63, 3.8) is 0 Å². The number of hydrogen-bond donors (Lipinski definition) is 1. The third kappa shape index (κ3) is 3.59. The molecule has 0 spiro atoms. The number of ether oxygens (including phenoxy) is 1. The molecule has 2 atom stereocenters. The molecule has 4 heterocycles. The van der Waals surface area contributed by atoms with Crippen molar-refractivity contribution in [1.82, 2.24) is 19.0 Å². The maximum Gasteiger partial charge on any atom is 0.573 e. The third-order valence-electron chi connectivity index (χ3n) is 5.61. The van der Waals surface area contributed by atoms with Gasteiger partial charge in [-0.2, -0.15) is 9.36 Å². The predicted octanol–water partition coefficient (Wildman–Crippen LogP) is 3.72. The lowest BCUT2D eigenvalue weighted by molar-refractivity contribution is -0.274. The molecule has 0 amide bonds. The van der Waals surface area contributed by atoms with Crippen LogP contribution in [-0.2, 0) is 0 Å². The highest BCUT2D eigenvalue weighted by Gasteiger charge is 2.43. The van der Waals surface area contributed by atoms with E-state index in [-0.39, 0.29) is 17.4 Å². The molecule has 2 fully saturated rings. The molecule has 5 rings (SSSR count). The summed E-state index contributed by atoms with van der Waals surface area (Å²) in [6.45, 7) is 3.84. The molecule has 1 saturated heterocycles. The maximum atomic E-state index is 12.6. The first-order valence-corrected chi connectivity index (χ1v) is 10.2. The summed E-state index contributed by atoms with van der Waals surface area (Å²) in [4.78, 5) is 6.65. The van der Waals surface area contributed by atoms with Gasteiger partial charge in [0, 0.05) is 25.3 Å². The minimum absolute atomic E-state index is 0.0391. The van der Waals surface area contributed by atoms with Gasteiger partial charge in [-0.3, -0.25) is 0 Å². The Balaban J connectivity index is 1.35. The number of pyridine rings is 1. The van der Waals surface area contributed by atoms with Crippen LogP contribution < -0.4 is 15.0 Å². The van der Waals surface area contributed by atoms with Crippen LogP contribution in [-0.4, -0.2) is 44.5 Å². The quantitative estimate of drug-likeness (QED) is 0.689. The van der Waals surface area contributed by atoms with Gasteiger partial charge in [-0.15, -0.1) is 18.3 Å². The molecular weight excluding hydrogens is 405 g/mol. The first-order chi connectivity index (χ1) is 13.9. The van der Waals surface area contributed by atoms with E-state index < -0.39 is 6.36 Å². The molecule has 3 aromatic rings. The van der Waals surface area contributed by atoms with Gasteiger partial charge in [-0.25, -0.2) is 4.52 Å². The average molecular weight is 424 g/mol. The molecule has 7 nitrogen and oxygen atoms in total. The number of hydrogen-bond acceptors (Lipinski definition) is 7. The van der Waals surface area contributed by atoms with E-state index >= 15 is 0 Å². The second-order valence-corrected chi connectivity index (χ2v) is 8.39. The van der Waals surface area contributed by atoms with Crippen LogP contribution in [0.2, 0.25) is 0 Å². The second kappa shape index (κ2) is 6.75. The molecule has 154 valence electrons. The highest BCUT2D eigenvalue weighted by atomic mass is 32.1. The highest BCUT2D eigenvalue weighted by Crippen LogP contribution is 2.41. The van der Waals surface area contributed by atoms with Gasteiger partial charge in [-0.1, -0.05) is 0 Å². The van der Waals surface area contributed by atoms with E-state index in [0.717, 1.165) is 31.6 Å². The normalized spacial score (nSPS) is 24.3. The Labute approximate surface area is 168 Å². The molecule has 2 aliphatic rings. The van der Waals surface area contributed by atoms with Crippen molar-refractivity contribution in [2.24, 2.45) is 11.8 Å². The number of halogens is 3. The molecule has 0 aromatic carbocycles. The van der Waals surface area contributed by atoms with Crippen LogP contribution in [0.5, 0.6) is 5.75 Å². The fourth-order valence-corrected chi connectivity index (χ4v) is 5.21. The number of piperidine rings is 1. The van der Waals surface area contributed by atoms with Crippen molar-refractivity contribution in [2.75, 3.05) is 23.3 Å². The Kier molecular flexibility index (Phi) is 4.30. The first kappa shape index (κ1) is 18.5. The van der Waals surface area contributed by atoms with Crippen molar-refractivity contribution in [2.45, 2.75) is 32.2 Å². The lowest BCUT2D eigenvalue weighted by atomic mass is 9.92. The van der Waals surface area contributed by atoms with Crippen LogP contribution in [0.4, 0.5) is 24.1 Å².